The lowest BCUT2D eigenvalue weighted by Gasteiger charge is -2.06. The average molecular weight is 277 g/mol. The molecule has 0 saturated carbocycles. The van der Waals surface area contributed by atoms with Crippen molar-refractivity contribution in [2.45, 2.75) is 12.3 Å². The van der Waals surface area contributed by atoms with Crippen molar-refractivity contribution in [2.24, 2.45) is 0 Å². The molecule has 0 atom stereocenters. The quantitative estimate of drug-likeness (QED) is 0.884. The normalized spacial score (nSPS) is 11.1. The summed E-state index contributed by atoms with van der Waals surface area (Å²) in [5.74, 6) is 0.183. The van der Waals surface area contributed by atoms with Gasteiger partial charge in [0.25, 0.3) is 0 Å². The molecular weight excluding hydrogens is 266 g/mol. The van der Waals surface area contributed by atoms with Crippen LogP contribution in [-0.2, 0) is 22.3 Å². The van der Waals surface area contributed by atoms with E-state index in [4.69, 9.17) is 9.78 Å². The largest absolute Gasteiger partial charge is 0.360 e. The van der Waals surface area contributed by atoms with Crippen LogP contribution in [-0.4, -0.2) is 13.6 Å². The lowest BCUT2D eigenvalue weighted by molar-refractivity contribution is 0.380. The van der Waals surface area contributed by atoms with Gasteiger partial charge >= 0.3 is 0 Å². The number of hydrogen-bond acceptors (Lipinski definition) is 5. The molecule has 0 amide bonds. The molecule has 2 rings (SSSR count). The van der Waals surface area contributed by atoms with Gasteiger partial charge in [0.15, 0.2) is 5.76 Å². The maximum atomic E-state index is 11.9. The van der Waals surface area contributed by atoms with E-state index >= 15 is 0 Å². The fraction of sp³-hybridized carbons (Fsp3) is 0.167. The van der Waals surface area contributed by atoms with E-state index in [-0.39, 0.29) is 12.3 Å². The molecule has 1 heterocycles. The second-order valence-corrected chi connectivity index (χ2v) is 5.63. The highest BCUT2D eigenvalue weighted by Crippen LogP contribution is 2.11. The Labute approximate surface area is 110 Å². The van der Waals surface area contributed by atoms with E-state index in [1.54, 1.807) is 30.3 Å². The average Bonchev–Trinajstić information content (AvgIpc) is 2.90. The number of nitrogens with zero attached hydrogens (tertiary/aromatic N) is 2. The van der Waals surface area contributed by atoms with Gasteiger partial charge in [-0.15, -0.1) is 0 Å². The van der Waals surface area contributed by atoms with Crippen molar-refractivity contribution in [1.29, 1.82) is 5.26 Å². The molecule has 98 valence electrons. The molecule has 0 radical (unpaired) electrons. The number of nitriles is 1. The number of nitrogens with one attached hydrogen (secondary N) is 1. The van der Waals surface area contributed by atoms with Gasteiger partial charge in [0.2, 0.25) is 10.0 Å². The molecule has 0 aliphatic carbocycles. The first kappa shape index (κ1) is 13.3. The molecule has 0 spiro atoms. The minimum atomic E-state index is -3.53. The first-order chi connectivity index (χ1) is 9.11. The summed E-state index contributed by atoms with van der Waals surface area (Å²) >= 11 is 0. The molecule has 0 saturated heterocycles. The Morgan fingerprint density at radius 3 is 2.79 bits per heavy atom. The van der Waals surface area contributed by atoms with Gasteiger partial charge in [-0.25, -0.2) is 13.1 Å². The molecule has 0 unspecified atom stereocenters. The second-order valence-electron chi connectivity index (χ2n) is 3.83. The Morgan fingerprint density at radius 1 is 1.32 bits per heavy atom. The highest BCUT2D eigenvalue weighted by atomic mass is 32.2. The summed E-state index contributed by atoms with van der Waals surface area (Å²) in [6, 6.07) is 10.1. The molecule has 0 fully saturated rings. The van der Waals surface area contributed by atoms with Crippen LogP contribution in [0, 0.1) is 11.3 Å². The lowest BCUT2D eigenvalue weighted by Crippen LogP contribution is -2.24. The summed E-state index contributed by atoms with van der Waals surface area (Å²) in [4.78, 5) is 0. The Morgan fingerprint density at radius 2 is 2.11 bits per heavy atom. The molecule has 19 heavy (non-hydrogen) atoms. The van der Waals surface area contributed by atoms with Crippen LogP contribution in [0.4, 0.5) is 0 Å². The molecule has 2 aromatic rings. The first-order valence-corrected chi connectivity index (χ1v) is 7.11. The fourth-order valence-corrected chi connectivity index (χ4v) is 2.65. The van der Waals surface area contributed by atoms with E-state index in [0.29, 0.717) is 16.9 Å². The van der Waals surface area contributed by atoms with Gasteiger partial charge in [0.1, 0.15) is 0 Å². The van der Waals surface area contributed by atoms with Crippen molar-refractivity contribution in [1.82, 2.24) is 9.88 Å². The summed E-state index contributed by atoms with van der Waals surface area (Å²) in [7, 11) is -3.53. The highest BCUT2D eigenvalue weighted by molar-refractivity contribution is 7.88. The fourth-order valence-electron chi connectivity index (χ4n) is 1.53. The number of sulfonamides is 1. The van der Waals surface area contributed by atoms with Crippen LogP contribution in [0.15, 0.2) is 41.1 Å². The molecule has 7 heteroatoms. The first-order valence-electron chi connectivity index (χ1n) is 5.45. The van der Waals surface area contributed by atoms with E-state index in [2.05, 4.69) is 9.88 Å². The smallest absolute Gasteiger partial charge is 0.216 e. The minimum absolute atomic E-state index is 0.0387. The SMILES string of the molecule is N#Cc1ccccc1CS(=O)(=O)NCc1ccno1. The van der Waals surface area contributed by atoms with Gasteiger partial charge in [-0.05, 0) is 11.6 Å². The zero-order chi connectivity index (χ0) is 13.7. The van der Waals surface area contributed by atoms with E-state index in [1.165, 1.54) is 6.20 Å². The molecule has 6 nitrogen and oxygen atoms in total. The Bertz CT molecular complexity index is 687. The third kappa shape index (κ3) is 3.64. The topological polar surface area (TPSA) is 96.0 Å². The Balaban J connectivity index is 2.07. The van der Waals surface area contributed by atoms with Gasteiger partial charge in [0, 0.05) is 6.07 Å². The van der Waals surface area contributed by atoms with Crippen LogP contribution in [0.2, 0.25) is 0 Å². The van der Waals surface area contributed by atoms with Crippen molar-refractivity contribution in [2.75, 3.05) is 0 Å². The van der Waals surface area contributed by atoms with Gasteiger partial charge in [-0.3, -0.25) is 0 Å². The van der Waals surface area contributed by atoms with Crippen LogP contribution >= 0.6 is 0 Å². The number of benzene rings is 1. The summed E-state index contributed by atoms with van der Waals surface area (Å²) in [5.41, 5.74) is 0.822. The number of aromatic nitrogens is 1. The van der Waals surface area contributed by atoms with Crippen LogP contribution in [0.3, 0.4) is 0 Å². The van der Waals surface area contributed by atoms with E-state index < -0.39 is 10.0 Å². The standard InChI is InChI=1S/C12H11N3O3S/c13-7-10-3-1-2-4-11(10)9-19(16,17)15-8-12-5-6-14-18-12/h1-6,15H,8-9H2. The van der Waals surface area contributed by atoms with E-state index in [9.17, 15) is 8.42 Å². The van der Waals surface area contributed by atoms with Gasteiger partial charge in [-0.2, -0.15) is 5.26 Å². The third-order valence-electron chi connectivity index (χ3n) is 2.44. The molecule has 0 bridgehead atoms. The lowest BCUT2D eigenvalue weighted by atomic mass is 10.1. The van der Waals surface area contributed by atoms with Crippen molar-refractivity contribution in [3.63, 3.8) is 0 Å². The minimum Gasteiger partial charge on any atom is -0.360 e. The molecular formula is C12H11N3O3S. The Hall–Kier alpha value is -2.17. The maximum absolute atomic E-state index is 11.9. The third-order valence-corrected chi connectivity index (χ3v) is 3.72. The van der Waals surface area contributed by atoms with Crippen molar-refractivity contribution < 1.29 is 12.9 Å². The molecule has 0 aliphatic rings. The highest BCUT2D eigenvalue weighted by Gasteiger charge is 2.14. The monoisotopic (exact) mass is 277 g/mol. The van der Waals surface area contributed by atoms with Crippen molar-refractivity contribution in [3.05, 3.63) is 53.4 Å². The Kier molecular flexibility index (Phi) is 3.94. The van der Waals surface area contributed by atoms with Crippen LogP contribution in [0.1, 0.15) is 16.9 Å². The predicted molar refractivity (Wildman–Crippen MR) is 67.1 cm³/mol. The summed E-state index contributed by atoms with van der Waals surface area (Å²) in [6.07, 6.45) is 1.44. The van der Waals surface area contributed by atoms with Crippen molar-refractivity contribution in [3.8, 4) is 6.07 Å². The molecule has 0 aliphatic heterocycles. The number of hydrogen-bond donors (Lipinski definition) is 1. The van der Waals surface area contributed by atoms with Crippen molar-refractivity contribution >= 4 is 10.0 Å². The van der Waals surface area contributed by atoms with Gasteiger partial charge in [-0.1, -0.05) is 23.4 Å². The van der Waals surface area contributed by atoms with E-state index in [0.717, 1.165) is 0 Å². The van der Waals surface area contributed by atoms with E-state index in [1.807, 2.05) is 6.07 Å². The van der Waals surface area contributed by atoms with Crippen LogP contribution < -0.4 is 4.72 Å². The second kappa shape index (κ2) is 5.65. The van der Waals surface area contributed by atoms with Crippen LogP contribution in [0.25, 0.3) is 0 Å². The molecule has 1 N–H and O–H groups in total. The zero-order valence-corrected chi connectivity index (χ0v) is 10.7. The summed E-state index contributed by atoms with van der Waals surface area (Å²) in [5, 5.41) is 12.4. The maximum Gasteiger partial charge on any atom is 0.216 e. The van der Waals surface area contributed by atoms with Gasteiger partial charge < -0.3 is 4.52 Å². The summed E-state index contributed by atoms with van der Waals surface area (Å²) in [6.45, 7) is 0.0387. The molecule has 1 aromatic carbocycles. The summed E-state index contributed by atoms with van der Waals surface area (Å²) < 4.78 is 30.9. The predicted octanol–water partition coefficient (Wildman–Crippen LogP) is 1.17. The van der Waals surface area contributed by atoms with Crippen LogP contribution in [0.5, 0.6) is 0 Å². The zero-order valence-electron chi connectivity index (χ0n) is 9.91. The molecule has 1 aromatic heterocycles. The van der Waals surface area contributed by atoms with Gasteiger partial charge in [0.05, 0.1) is 30.1 Å². The number of rotatable bonds is 5.